The summed E-state index contributed by atoms with van der Waals surface area (Å²) < 4.78 is 1.17. The number of aryl methyl sites for hydroxylation is 2. The van der Waals surface area contributed by atoms with Gasteiger partial charge in [0.05, 0.1) is 0 Å². The second-order valence-electron chi connectivity index (χ2n) is 4.83. The Bertz CT molecular complexity index is 755. The van der Waals surface area contributed by atoms with Gasteiger partial charge in [-0.1, -0.05) is 40.2 Å². The predicted octanol–water partition coefficient (Wildman–Crippen LogP) is 4.70. The fraction of sp³-hybridized carbons (Fsp3) is 0.125. The summed E-state index contributed by atoms with van der Waals surface area (Å²) in [6, 6.07) is 15.2. The lowest BCUT2D eigenvalue weighted by atomic mass is 9.88. The molecule has 4 rings (SSSR count). The van der Waals surface area contributed by atoms with E-state index in [1.807, 2.05) is 0 Å². The van der Waals surface area contributed by atoms with Gasteiger partial charge in [0.1, 0.15) is 0 Å². The number of rotatable bonds is 0. The molecule has 0 radical (unpaired) electrons. The van der Waals surface area contributed by atoms with E-state index in [-0.39, 0.29) is 0 Å². The van der Waals surface area contributed by atoms with E-state index >= 15 is 0 Å². The van der Waals surface area contributed by atoms with Gasteiger partial charge in [0, 0.05) is 26.6 Å². The topological polar surface area (TPSA) is 15.8 Å². The Hall–Kier alpha value is -1.54. The molecule has 0 unspecified atom stereocenters. The summed E-state index contributed by atoms with van der Waals surface area (Å²) in [6.07, 6.45) is 2.22. The fourth-order valence-electron chi connectivity index (χ4n) is 2.97. The van der Waals surface area contributed by atoms with Crippen LogP contribution in [0.4, 0.5) is 0 Å². The van der Waals surface area contributed by atoms with E-state index in [4.69, 9.17) is 0 Å². The van der Waals surface area contributed by atoms with E-state index < -0.39 is 0 Å². The van der Waals surface area contributed by atoms with E-state index in [0.717, 1.165) is 12.8 Å². The molecule has 88 valence electrons. The molecule has 18 heavy (non-hydrogen) atoms. The van der Waals surface area contributed by atoms with Gasteiger partial charge in [-0.3, -0.25) is 0 Å². The molecule has 0 saturated carbocycles. The maximum absolute atomic E-state index is 3.56. The number of benzene rings is 2. The predicted molar refractivity (Wildman–Crippen MR) is 78.8 cm³/mol. The summed E-state index contributed by atoms with van der Waals surface area (Å²) in [5, 5.41) is 1.34. The van der Waals surface area contributed by atoms with Gasteiger partial charge >= 0.3 is 0 Å². The van der Waals surface area contributed by atoms with Gasteiger partial charge in [0.15, 0.2) is 0 Å². The van der Waals surface area contributed by atoms with Crippen LogP contribution < -0.4 is 0 Å². The third kappa shape index (κ3) is 1.39. The zero-order chi connectivity index (χ0) is 12.1. The molecule has 0 amide bonds. The first-order valence-corrected chi connectivity index (χ1v) is 7.00. The summed E-state index contributed by atoms with van der Waals surface area (Å²) >= 11 is 3.56. The van der Waals surface area contributed by atoms with Gasteiger partial charge in [-0.25, -0.2) is 0 Å². The Morgan fingerprint density at radius 3 is 2.83 bits per heavy atom. The Labute approximate surface area is 114 Å². The molecule has 0 spiro atoms. The van der Waals surface area contributed by atoms with Crippen molar-refractivity contribution in [3.05, 3.63) is 58.2 Å². The standard InChI is InChI=1S/C16H12BrN/c17-11-6-7-12-10(9-11)5-8-15-16(12)13-3-1-2-4-14(13)18-15/h1-4,6-7,9,18H,5,8H2. The molecule has 1 heterocycles. The number of hydrogen-bond acceptors (Lipinski definition) is 0. The van der Waals surface area contributed by atoms with Gasteiger partial charge in [-0.15, -0.1) is 0 Å². The molecule has 0 fully saturated rings. The second kappa shape index (κ2) is 3.72. The Balaban J connectivity index is 2.10. The molecule has 0 saturated heterocycles. The van der Waals surface area contributed by atoms with Crippen LogP contribution in [0.1, 0.15) is 11.3 Å². The number of hydrogen-bond donors (Lipinski definition) is 1. The van der Waals surface area contributed by atoms with Crippen LogP contribution in [0.2, 0.25) is 0 Å². The van der Waals surface area contributed by atoms with E-state index in [2.05, 4.69) is 63.4 Å². The van der Waals surface area contributed by atoms with Crippen molar-refractivity contribution in [2.24, 2.45) is 0 Å². The molecule has 1 aliphatic rings. The van der Waals surface area contributed by atoms with Crippen molar-refractivity contribution in [2.45, 2.75) is 12.8 Å². The highest BCUT2D eigenvalue weighted by Gasteiger charge is 2.20. The van der Waals surface area contributed by atoms with Gasteiger partial charge in [-0.2, -0.15) is 0 Å². The number of para-hydroxylation sites is 1. The molecule has 3 aromatic rings. The number of fused-ring (bicyclic) bond motifs is 5. The monoisotopic (exact) mass is 297 g/mol. The van der Waals surface area contributed by atoms with Crippen LogP contribution in [0.25, 0.3) is 22.0 Å². The third-order valence-electron chi connectivity index (χ3n) is 3.76. The van der Waals surface area contributed by atoms with Gasteiger partial charge in [0.2, 0.25) is 0 Å². The molecule has 1 nitrogen and oxygen atoms in total. The number of aromatic nitrogens is 1. The van der Waals surface area contributed by atoms with Crippen LogP contribution in [0.5, 0.6) is 0 Å². The highest BCUT2D eigenvalue weighted by Crippen LogP contribution is 2.39. The Kier molecular flexibility index (Phi) is 2.15. The van der Waals surface area contributed by atoms with E-state index in [1.54, 1.807) is 0 Å². The van der Waals surface area contributed by atoms with Crippen molar-refractivity contribution < 1.29 is 0 Å². The lowest BCUT2D eigenvalue weighted by molar-refractivity contribution is 0.913. The first kappa shape index (κ1) is 10.4. The van der Waals surface area contributed by atoms with Gasteiger partial charge < -0.3 is 4.98 Å². The largest absolute Gasteiger partial charge is 0.358 e. The molecule has 1 N–H and O–H groups in total. The quantitative estimate of drug-likeness (QED) is 0.619. The summed E-state index contributed by atoms with van der Waals surface area (Å²) in [5.41, 5.74) is 6.86. The first-order valence-electron chi connectivity index (χ1n) is 6.21. The van der Waals surface area contributed by atoms with Crippen molar-refractivity contribution in [3.8, 4) is 11.1 Å². The number of halogens is 1. The van der Waals surface area contributed by atoms with Crippen LogP contribution in [0.15, 0.2) is 46.9 Å². The van der Waals surface area contributed by atoms with Crippen molar-refractivity contribution in [1.82, 2.24) is 4.98 Å². The van der Waals surface area contributed by atoms with Crippen LogP contribution >= 0.6 is 15.9 Å². The van der Waals surface area contributed by atoms with Gasteiger partial charge in [0.25, 0.3) is 0 Å². The molecule has 0 bridgehead atoms. The third-order valence-corrected chi connectivity index (χ3v) is 4.26. The zero-order valence-electron chi connectivity index (χ0n) is 9.83. The van der Waals surface area contributed by atoms with Crippen molar-refractivity contribution in [1.29, 1.82) is 0 Å². The molecule has 0 atom stereocenters. The zero-order valence-corrected chi connectivity index (χ0v) is 11.4. The molecule has 2 aromatic carbocycles. The van der Waals surface area contributed by atoms with E-state index in [1.165, 1.54) is 37.8 Å². The van der Waals surface area contributed by atoms with Crippen LogP contribution in [-0.4, -0.2) is 4.98 Å². The van der Waals surface area contributed by atoms with E-state index in [9.17, 15) is 0 Å². The lowest BCUT2D eigenvalue weighted by Gasteiger charge is -2.17. The molecular formula is C16H12BrN. The Morgan fingerprint density at radius 1 is 1.00 bits per heavy atom. The molecule has 0 aliphatic heterocycles. The molecular weight excluding hydrogens is 286 g/mol. The molecule has 1 aromatic heterocycles. The normalized spacial score (nSPS) is 13.4. The minimum absolute atomic E-state index is 1.10. The lowest BCUT2D eigenvalue weighted by Crippen LogP contribution is -2.02. The second-order valence-corrected chi connectivity index (χ2v) is 5.74. The Morgan fingerprint density at radius 2 is 1.89 bits per heavy atom. The smallest absolute Gasteiger partial charge is 0.0462 e. The summed E-state index contributed by atoms with van der Waals surface area (Å²) in [7, 11) is 0. The minimum Gasteiger partial charge on any atom is -0.358 e. The minimum atomic E-state index is 1.10. The first-order chi connectivity index (χ1) is 8.83. The van der Waals surface area contributed by atoms with Crippen molar-refractivity contribution in [2.75, 3.05) is 0 Å². The number of H-pyrrole nitrogens is 1. The summed E-state index contributed by atoms with van der Waals surface area (Å²) in [6.45, 7) is 0. The van der Waals surface area contributed by atoms with Crippen molar-refractivity contribution >= 4 is 26.8 Å². The van der Waals surface area contributed by atoms with Crippen LogP contribution in [0.3, 0.4) is 0 Å². The average molecular weight is 298 g/mol. The van der Waals surface area contributed by atoms with Crippen LogP contribution in [-0.2, 0) is 12.8 Å². The van der Waals surface area contributed by atoms with Gasteiger partial charge in [-0.05, 0) is 42.2 Å². The maximum Gasteiger partial charge on any atom is 0.0462 e. The fourth-order valence-corrected chi connectivity index (χ4v) is 3.37. The van der Waals surface area contributed by atoms with Crippen molar-refractivity contribution in [3.63, 3.8) is 0 Å². The van der Waals surface area contributed by atoms with Crippen LogP contribution in [0, 0.1) is 0 Å². The molecule has 2 heteroatoms. The maximum atomic E-state index is 3.56. The molecule has 1 aliphatic carbocycles. The SMILES string of the molecule is Brc1ccc2c(c1)CCc1[nH]c3ccccc3c1-2. The summed E-state index contributed by atoms with van der Waals surface area (Å²) in [4.78, 5) is 3.56. The number of aromatic amines is 1. The highest BCUT2D eigenvalue weighted by atomic mass is 79.9. The van der Waals surface area contributed by atoms with E-state index in [0.29, 0.717) is 0 Å². The summed E-state index contributed by atoms with van der Waals surface area (Å²) in [5.74, 6) is 0. The average Bonchev–Trinajstić information content (AvgIpc) is 2.77. The highest BCUT2D eigenvalue weighted by molar-refractivity contribution is 9.10. The number of nitrogens with one attached hydrogen (secondary N) is 1.